The number of carboxylic acids is 1. The van der Waals surface area contributed by atoms with Gasteiger partial charge in [0.05, 0.1) is 17.9 Å². The van der Waals surface area contributed by atoms with Crippen molar-refractivity contribution in [3.63, 3.8) is 0 Å². The van der Waals surface area contributed by atoms with Crippen LogP contribution in [-0.2, 0) is 29.2 Å². The molecule has 214 valence electrons. The number of rotatable bonds is 7. The summed E-state index contributed by atoms with van der Waals surface area (Å²) in [6.07, 6.45) is 3.21. The second kappa shape index (κ2) is 11.3. The Balaban J connectivity index is 1.38. The average molecular weight is 624 g/mol. The number of ether oxygens (including phenoxy) is 1. The standard InChI is InChI=1S/C30H31BrN4O6/c1-17-32-26(33-41-17)16-40-25-11-10-23(31)22-12-13-35(29(37)20-8-4-5-9-21(20)30(38)39)24(27(22)25)15-34-14-18-6-2-3-7-19(18)28(34)36/h2-3,6-7,10-11,20-21,24H,4-5,8-9,12-16H2,1H3,(H,38,39)/t20?,21?,24-/m1/s1. The van der Waals surface area contributed by atoms with E-state index in [0.29, 0.717) is 55.4 Å². The van der Waals surface area contributed by atoms with Crippen LogP contribution in [0, 0.1) is 18.8 Å². The van der Waals surface area contributed by atoms with Gasteiger partial charge in [0.1, 0.15) is 5.75 Å². The fourth-order valence-corrected chi connectivity index (χ4v) is 7.05. The number of benzene rings is 2. The fraction of sp³-hybridized carbons (Fsp3) is 0.433. The number of nitrogens with zero attached hydrogens (tertiary/aromatic N) is 4. The van der Waals surface area contributed by atoms with Crippen LogP contribution in [0.3, 0.4) is 0 Å². The lowest BCUT2D eigenvalue weighted by molar-refractivity contribution is -0.153. The number of aliphatic carboxylic acids is 1. The minimum Gasteiger partial charge on any atom is -0.485 e. The zero-order valence-corrected chi connectivity index (χ0v) is 24.3. The minimum atomic E-state index is -0.927. The molecule has 6 rings (SSSR count). The molecule has 1 aliphatic carbocycles. The highest BCUT2D eigenvalue weighted by Gasteiger charge is 2.44. The Labute approximate surface area is 245 Å². The summed E-state index contributed by atoms with van der Waals surface area (Å²) in [5, 5.41) is 13.9. The van der Waals surface area contributed by atoms with Gasteiger partial charge in [0.2, 0.25) is 17.6 Å². The zero-order chi connectivity index (χ0) is 28.7. The van der Waals surface area contributed by atoms with Gasteiger partial charge in [-0.3, -0.25) is 14.4 Å². The molecule has 1 saturated carbocycles. The molecule has 0 saturated heterocycles. The Morgan fingerprint density at radius 3 is 2.66 bits per heavy atom. The molecule has 3 atom stereocenters. The Bertz CT molecular complexity index is 1510. The van der Waals surface area contributed by atoms with Crippen molar-refractivity contribution < 1.29 is 28.8 Å². The Kier molecular flexibility index (Phi) is 7.54. The highest BCUT2D eigenvalue weighted by Crippen LogP contribution is 2.43. The number of carboxylic acid groups (broad SMARTS) is 1. The van der Waals surface area contributed by atoms with E-state index >= 15 is 0 Å². The summed E-state index contributed by atoms with van der Waals surface area (Å²) in [4.78, 5) is 47.6. The zero-order valence-electron chi connectivity index (χ0n) is 22.7. The molecule has 2 aromatic carbocycles. The number of halogens is 1. The first kappa shape index (κ1) is 27.4. The van der Waals surface area contributed by atoms with Crippen LogP contribution in [0.15, 0.2) is 45.4 Å². The quantitative estimate of drug-likeness (QED) is 0.402. The van der Waals surface area contributed by atoms with Gasteiger partial charge >= 0.3 is 5.97 Å². The molecule has 0 bridgehead atoms. The van der Waals surface area contributed by atoms with Gasteiger partial charge in [-0.25, -0.2) is 0 Å². The summed E-state index contributed by atoms with van der Waals surface area (Å²) >= 11 is 3.70. The van der Waals surface area contributed by atoms with Crippen LogP contribution >= 0.6 is 15.9 Å². The second-order valence-electron chi connectivity index (χ2n) is 10.9. The summed E-state index contributed by atoms with van der Waals surface area (Å²) < 4.78 is 12.2. The van der Waals surface area contributed by atoms with Gasteiger partial charge < -0.3 is 24.2 Å². The van der Waals surface area contributed by atoms with E-state index in [1.54, 1.807) is 16.7 Å². The molecular formula is C30H31BrN4O6. The highest BCUT2D eigenvalue weighted by atomic mass is 79.9. The summed E-state index contributed by atoms with van der Waals surface area (Å²) in [5.74, 6) is -1.09. The van der Waals surface area contributed by atoms with Gasteiger partial charge in [0, 0.05) is 42.2 Å². The Morgan fingerprint density at radius 2 is 1.93 bits per heavy atom. The van der Waals surface area contributed by atoms with E-state index in [1.807, 2.05) is 36.4 Å². The number of hydrogen-bond donors (Lipinski definition) is 1. The van der Waals surface area contributed by atoms with E-state index in [2.05, 4.69) is 26.1 Å². The van der Waals surface area contributed by atoms with Gasteiger partial charge in [-0.1, -0.05) is 52.1 Å². The van der Waals surface area contributed by atoms with Crippen LogP contribution in [0.4, 0.5) is 0 Å². The SMILES string of the molecule is Cc1nc(COc2ccc(Br)c3c2[C@@H](CN2Cc4ccccc4C2=O)N(C(=O)C2CCCCC2C(=O)O)CC3)no1. The number of carbonyl (C=O) groups is 3. The summed E-state index contributed by atoms with van der Waals surface area (Å²) in [6.45, 7) is 2.89. The number of hydrogen-bond acceptors (Lipinski definition) is 7. The van der Waals surface area contributed by atoms with Crippen LogP contribution < -0.4 is 4.74 Å². The molecule has 0 spiro atoms. The molecule has 1 fully saturated rings. The van der Waals surface area contributed by atoms with Crippen molar-refractivity contribution in [1.82, 2.24) is 19.9 Å². The number of aryl methyl sites for hydroxylation is 1. The van der Waals surface area contributed by atoms with Crippen molar-refractivity contribution in [3.8, 4) is 5.75 Å². The first-order valence-corrected chi connectivity index (χ1v) is 14.7. The van der Waals surface area contributed by atoms with Crippen LogP contribution in [0.2, 0.25) is 0 Å². The van der Waals surface area contributed by atoms with Gasteiger partial charge in [0.25, 0.3) is 5.91 Å². The topological polar surface area (TPSA) is 126 Å². The van der Waals surface area contributed by atoms with Crippen molar-refractivity contribution in [2.45, 2.75) is 58.2 Å². The lowest BCUT2D eigenvalue weighted by Gasteiger charge is -2.43. The largest absolute Gasteiger partial charge is 0.485 e. The van der Waals surface area contributed by atoms with Crippen molar-refractivity contribution in [2.24, 2.45) is 11.8 Å². The summed E-state index contributed by atoms with van der Waals surface area (Å²) in [5.41, 5.74) is 3.43. The van der Waals surface area contributed by atoms with Gasteiger partial charge in [-0.15, -0.1) is 0 Å². The van der Waals surface area contributed by atoms with Crippen molar-refractivity contribution in [3.05, 3.63) is 74.8 Å². The van der Waals surface area contributed by atoms with E-state index in [-0.39, 0.29) is 25.0 Å². The van der Waals surface area contributed by atoms with E-state index in [9.17, 15) is 19.5 Å². The molecule has 3 aromatic rings. The molecule has 2 unspecified atom stereocenters. The molecule has 1 N–H and O–H groups in total. The molecule has 1 aromatic heterocycles. The maximum absolute atomic E-state index is 14.2. The lowest BCUT2D eigenvalue weighted by Crippen LogP contribution is -2.50. The smallest absolute Gasteiger partial charge is 0.307 e. The van der Waals surface area contributed by atoms with Crippen LogP contribution in [-0.4, -0.2) is 55.9 Å². The number of carbonyl (C=O) groups excluding carboxylic acids is 2. The third-order valence-electron chi connectivity index (χ3n) is 8.47. The molecule has 3 heterocycles. The number of fused-ring (bicyclic) bond motifs is 2. The highest BCUT2D eigenvalue weighted by molar-refractivity contribution is 9.10. The van der Waals surface area contributed by atoms with E-state index in [4.69, 9.17) is 9.26 Å². The van der Waals surface area contributed by atoms with E-state index in [0.717, 1.165) is 34.0 Å². The third-order valence-corrected chi connectivity index (χ3v) is 9.21. The molecule has 10 nitrogen and oxygen atoms in total. The molecule has 0 radical (unpaired) electrons. The van der Waals surface area contributed by atoms with Crippen molar-refractivity contribution in [1.29, 1.82) is 0 Å². The van der Waals surface area contributed by atoms with E-state index < -0.39 is 23.8 Å². The Hall–Kier alpha value is -3.73. The maximum atomic E-state index is 14.2. The first-order valence-electron chi connectivity index (χ1n) is 14.0. The molecule has 41 heavy (non-hydrogen) atoms. The first-order chi connectivity index (χ1) is 19.8. The third kappa shape index (κ3) is 5.23. The summed E-state index contributed by atoms with van der Waals surface area (Å²) in [6, 6.07) is 10.8. The Morgan fingerprint density at radius 1 is 1.15 bits per heavy atom. The van der Waals surface area contributed by atoms with Crippen LogP contribution in [0.25, 0.3) is 0 Å². The van der Waals surface area contributed by atoms with Gasteiger partial charge in [-0.05, 0) is 48.6 Å². The predicted octanol–water partition coefficient (Wildman–Crippen LogP) is 4.69. The van der Waals surface area contributed by atoms with Crippen LogP contribution in [0.5, 0.6) is 5.75 Å². The monoisotopic (exact) mass is 622 g/mol. The minimum absolute atomic E-state index is 0.0733. The maximum Gasteiger partial charge on any atom is 0.307 e. The van der Waals surface area contributed by atoms with E-state index in [1.165, 1.54) is 0 Å². The number of amides is 2. The summed E-state index contributed by atoms with van der Waals surface area (Å²) in [7, 11) is 0. The fourth-order valence-electron chi connectivity index (χ4n) is 6.51. The molecular weight excluding hydrogens is 592 g/mol. The van der Waals surface area contributed by atoms with Crippen LogP contribution in [0.1, 0.15) is 70.5 Å². The second-order valence-corrected chi connectivity index (χ2v) is 11.8. The predicted molar refractivity (Wildman–Crippen MR) is 150 cm³/mol. The molecule has 11 heteroatoms. The van der Waals surface area contributed by atoms with Gasteiger partial charge in [0.15, 0.2) is 6.61 Å². The molecule has 2 amide bonds. The van der Waals surface area contributed by atoms with Gasteiger partial charge in [-0.2, -0.15) is 4.98 Å². The lowest BCUT2D eigenvalue weighted by atomic mass is 9.77. The van der Waals surface area contributed by atoms with Crippen molar-refractivity contribution in [2.75, 3.05) is 13.1 Å². The van der Waals surface area contributed by atoms with Crippen molar-refractivity contribution >= 4 is 33.7 Å². The average Bonchev–Trinajstić information content (AvgIpc) is 3.54. The molecule has 2 aliphatic heterocycles. The normalized spacial score (nSPS) is 21.9. The molecule has 3 aliphatic rings. The number of aromatic nitrogens is 2.